The molecule has 3 aliphatic heterocycles. The first-order chi connectivity index (χ1) is 20.8. The van der Waals surface area contributed by atoms with Gasteiger partial charge in [0.15, 0.2) is 6.10 Å². The minimum Gasteiger partial charge on any atom is -0.506 e. The van der Waals surface area contributed by atoms with E-state index in [0.717, 1.165) is 23.4 Å². The minimum atomic E-state index is -4.88. The van der Waals surface area contributed by atoms with Crippen molar-refractivity contribution in [3.8, 4) is 5.75 Å². The van der Waals surface area contributed by atoms with Crippen molar-refractivity contribution in [3.63, 3.8) is 0 Å². The summed E-state index contributed by atoms with van der Waals surface area (Å²) in [5.41, 5.74) is 0.0125. The SMILES string of the molecule is CN(C)C1CCN(C(=O)[C@@H](Cc2cc(Cl)c(O)c(C(F)(F)F)c2)OC(=O)N2CCC3(CC2)CC(=O)Nc2ccccc23)CC1. The number of nitrogens with one attached hydrogen (secondary N) is 1. The van der Waals surface area contributed by atoms with E-state index >= 15 is 0 Å². The standard InChI is InChI=1S/C31H36ClF3N4O5/c1-37(2)20-7-11-38(12-8-20)28(42)25(17-19-15-22(31(33,34)35)27(41)23(32)16-19)44-29(43)39-13-9-30(10-14-39)18-26(40)36-24-6-4-3-5-21(24)30/h3-6,15-16,20,25,41H,7-14,17-18H2,1-2H3,(H,36,40)/t25-/m1/s1. The summed E-state index contributed by atoms with van der Waals surface area (Å²) < 4.78 is 46.6. The Kier molecular flexibility index (Phi) is 9.04. The smallest absolute Gasteiger partial charge is 0.420 e. The number of piperidine rings is 2. The molecule has 5 rings (SSSR count). The molecule has 2 saturated heterocycles. The number of nitrogens with zero attached hydrogens (tertiary/aromatic N) is 3. The van der Waals surface area contributed by atoms with Crippen molar-refractivity contribution >= 4 is 35.2 Å². The second kappa shape index (κ2) is 12.5. The zero-order chi connectivity index (χ0) is 31.8. The molecule has 238 valence electrons. The van der Waals surface area contributed by atoms with Crippen molar-refractivity contribution in [1.82, 2.24) is 14.7 Å². The average Bonchev–Trinajstić information content (AvgIpc) is 2.98. The molecule has 2 fully saturated rings. The summed E-state index contributed by atoms with van der Waals surface area (Å²) in [6.07, 6.45) is -4.69. The highest BCUT2D eigenvalue weighted by atomic mass is 35.5. The van der Waals surface area contributed by atoms with Crippen LogP contribution in [0.3, 0.4) is 0 Å². The number of amides is 3. The molecule has 0 bridgehead atoms. The number of anilines is 1. The van der Waals surface area contributed by atoms with Crippen LogP contribution in [0.25, 0.3) is 0 Å². The predicted molar refractivity (Wildman–Crippen MR) is 158 cm³/mol. The van der Waals surface area contributed by atoms with Crippen molar-refractivity contribution in [3.05, 3.63) is 58.1 Å². The van der Waals surface area contributed by atoms with Crippen molar-refractivity contribution in [1.29, 1.82) is 0 Å². The molecule has 0 radical (unpaired) electrons. The first-order valence-corrected chi connectivity index (χ1v) is 15.0. The third-order valence-electron chi connectivity index (χ3n) is 9.12. The summed E-state index contributed by atoms with van der Waals surface area (Å²) in [7, 11) is 3.92. The summed E-state index contributed by atoms with van der Waals surface area (Å²) in [5.74, 6) is -1.69. The molecule has 44 heavy (non-hydrogen) atoms. The number of carbonyl (C=O) groups is 3. The van der Waals surface area contributed by atoms with Crippen LogP contribution < -0.4 is 5.32 Å². The maximum Gasteiger partial charge on any atom is 0.420 e. The number of hydrogen-bond acceptors (Lipinski definition) is 6. The molecule has 13 heteroatoms. The molecule has 0 aromatic heterocycles. The number of aromatic hydroxyl groups is 1. The van der Waals surface area contributed by atoms with Crippen molar-refractivity contribution in [2.75, 3.05) is 45.6 Å². The Hall–Kier alpha value is -3.51. The molecular formula is C31H36ClF3N4O5. The van der Waals surface area contributed by atoms with Gasteiger partial charge < -0.3 is 29.9 Å². The molecule has 2 aromatic carbocycles. The summed E-state index contributed by atoms with van der Waals surface area (Å²) in [5, 5.41) is 12.3. The number of rotatable bonds is 5. The molecule has 9 nitrogen and oxygen atoms in total. The first-order valence-electron chi connectivity index (χ1n) is 14.7. The Bertz CT molecular complexity index is 1420. The number of hydrogen-bond donors (Lipinski definition) is 2. The quantitative estimate of drug-likeness (QED) is 0.477. The molecule has 3 heterocycles. The van der Waals surface area contributed by atoms with Crippen LogP contribution in [0.4, 0.5) is 23.7 Å². The Morgan fingerprint density at radius 2 is 1.77 bits per heavy atom. The van der Waals surface area contributed by atoms with Gasteiger partial charge in [-0.3, -0.25) is 9.59 Å². The number of ether oxygens (including phenoxy) is 1. The summed E-state index contributed by atoms with van der Waals surface area (Å²) in [4.78, 5) is 44.8. The molecule has 3 aliphatic rings. The van der Waals surface area contributed by atoms with E-state index in [0.29, 0.717) is 45.2 Å². The highest BCUT2D eigenvalue weighted by Crippen LogP contribution is 2.45. The van der Waals surface area contributed by atoms with Gasteiger partial charge in [0.2, 0.25) is 5.91 Å². The maximum atomic E-state index is 13.7. The highest BCUT2D eigenvalue weighted by Gasteiger charge is 2.44. The van der Waals surface area contributed by atoms with Crippen LogP contribution in [0.1, 0.15) is 48.8 Å². The van der Waals surface area contributed by atoms with E-state index in [-0.39, 0.29) is 37.0 Å². The topological polar surface area (TPSA) is 102 Å². The number of para-hydroxylation sites is 1. The maximum absolute atomic E-state index is 13.7. The van der Waals surface area contributed by atoms with E-state index in [4.69, 9.17) is 16.3 Å². The number of phenolic OH excluding ortho intramolecular Hbond substituents is 1. The van der Waals surface area contributed by atoms with Crippen LogP contribution in [0, 0.1) is 0 Å². The molecule has 0 aliphatic carbocycles. The van der Waals surface area contributed by atoms with E-state index in [1.807, 2.05) is 38.4 Å². The first kappa shape index (κ1) is 31.9. The van der Waals surface area contributed by atoms with Crippen molar-refractivity contribution in [2.45, 2.75) is 62.3 Å². The van der Waals surface area contributed by atoms with Crippen LogP contribution in [-0.2, 0) is 32.3 Å². The third-order valence-corrected chi connectivity index (χ3v) is 9.41. The number of carbonyl (C=O) groups excluding carboxylic acids is 3. The second-order valence-corrected chi connectivity index (χ2v) is 12.5. The number of likely N-dealkylation sites (tertiary alicyclic amines) is 2. The fourth-order valence-electron chi connectivity index (χ4n) is 6.60. The van der Waals surface area contributed by atoms with Gasteiger partial charge in [-0.1, -0.05) is 29.8 Å². The number of phenols is 1. The molecule has 0 saturated carbocycles. The lowest BCUT2D eigenvalue weighted by Crippen LogP contribution is -2.52. The summed E-state index contributed by atoms with van der Waals surface area (Å²) >= 11 is 5.93. The zero-order valence-electron chi connectivity index (χ0n) is 24.6. The Morgan fingerprint density at radius 3 is 2.41 bits per heavy atom. The number of halogens is 4. The van der Waals surface area contributed by atoms with Gasteiger partial charge in [0, 0.05) is 56.2 Å². The third kappa shape index (κ3) is 6.61. The van der Waals surface area contributed by atoms with E-state index in [9.17, 15) is 32.7 Å². The van der Waals surface area contributed by atoms with E-state index in [2.05, 4.69) is 10.2 Å². The van der Waals surface area contributed by atoms with Crippen LogP contribution in [-0.4, -0.2) is 90.1 Å². The van der Waals surface area contributed by atoms with Gasteiger partial charge in [-0.2, -0.15) is 13.2 Å². The lowest BCUT2D eigenvalue weighted by Gasteiger charge is -2.44. The van der Waals surface area contributed by atoms with Gasteiger partial charge in [-0.25, -0.2) is 4.79 Å². The van der Waals surface area contributed by atoms with Gasteiger partial charge in [-0.05, 0) is 69.1 Å². The average molecular weight is 637 g/mol. The van der Waals surface area contributed by atoms with Crippen molar-refractivity contribution in [2.24, 2.45) is 0 Å². The van der Waals surface area contributed by atoms with Crippen LogP contribution in [0.15, 0.2) is 36.4 Å². The lowest BCUT2D eigenvalue weighted by molar-refractivity contribution is -0.142. The monoisotopic (exact) mass is 636 g/mol. The second-order valence-electron chi connectivity index (χ2n) is 12.1. The Morgan fingerprint density at radius 1 is 1.11 bits per heavy atom. The summed E-state index contributed by atoms with van der Waals surface area (Å²) in [6.45, 7) is 1.37. The molecule has 2 aromatic rings. The molecule has 1 atom stereocenters. The molecular weight excluding hydrogens is 601 g/mol. The number of fused-ring (bicyclic) bond motifs is 2. The van der Waals surface area contributed by atoms with Gasteiger partial charge in [0.1, 0.15) is 5.75 Å². The van der Waals surface area contributed by atoms with Crippen molar-refractivity contribution < 1.29 is 37.4 Å². The predicted octanol–water partition coefficient (Wildman–Crippen LogP) is 5.04. The van der Waals surface area contributed by atoms with Gasteiger partial charge in [-0.15, -0.1) is 0 Å². The lowest BCUT2D eigenvalue weighted by atomic mass is 9.68. The molecule has 0 unspecified atom stereocenters. The van der Waals surface area contributed by atoms with E-state index in [1.165, 1.54) is 4.90 Å². The van der Waals surface area contributed by atoms with Gasteiger partial charge in [0.25, 0.3) is 5.91 Å². The number of benzene rings is 2. The molecule has 3 amide bonds. The normalized spacial score (nSPS) is 19.5. The minimum absolute atomic E-state index is 0.00289. The Balaban J connectivity index is 1.34. The zero-order valence-corrected chi connectivity index (χ0v) is 25.4. The fraction of sp³-hybridized carbons (Fsp3) is 0.516. The largest absolute Gasteiger partial charge is 0.506 e. The van der Waals surface area contributed by atoms with Crippen LogP contribution in [0.5, 0.6) is 5.75 Å². The van der Waals surface area contributed by atoms with E-state index in [1.54, 1.807) is 4.90 Å². The van der Waals surface area contributed by atoms with E-state index < -0.39 is 46.0 Å². The van der Waals surface area contributed by atoms with Crippen LogP contribution in [0.2, 0.25) is 5.02 Å². The Labute approximate surface area is 258 Å². The molecule has 1 spiro atoms. The van der Waals surface area contributed by atoms with Gasteiger partial charge in [0.05, 0.1) is 10.6 Å². The summed E-state index contributed by atoms with van der Waals surface area (Å²) in [6, 6.07) is 9.75. The van der Waals surface area contributed by atoms with Gasteiger partial charge >= 0.3 is 12.3 Å². The fourth-order valence-corrected chi connectivity index (χ4v) is 6.84. The number of alkyl halides is 3. The molecule has 2 N–H and O–H groups in total. The van der Waals surface area contributed by atoms with Crippen LogP contribution >= 0.6 is 11.6 Å². The highest BCUT2D eigenvalue weighted by molar-refractivity contribution is 6.32.